The second-order valence-corrected chi connectivity index (χ2v) is 5.88. The molecule has 1 aromatic carbocycles. The Morgan fingerprint density at radius 1 is 1.06 bits per heavy atom. The summed E-state index contributed by atoms with van der Waals surface area (Å²) in [5.41, 5.74) is 11.0. The number of aryl methyl sites for hydroxylation is 3. The fourth-order valence-corrected chi connectivity index (χ4v) is 2.59. The van der Waals surface area contributed by atoms with E-state index < -0.39 is 6.10 Å². The van der Waals surface area contributed by atoms with Crippen LogP contribution in [0.25, 0.3) is 0 Å². The van der Waals surface area contributed by atoms with Crippen molar-refractivity contribution < 1.29 is 5.11 Å². The second-order valence-electron chi connectivity index (χ2n) is 5.88. The van der Waals surface area contributed by atoms with E-state index in [1.807, 2.05) is 0 Å². The average Bonchev–Trinajstić information content (AvgIpc) is 2.24. The lowest BCUT2D eigenvalue weighted by Gasteiger charge is -2.24. The highest BCUT2D eigenvalue weighted by molar-refractivity contribution is 5.39. The van der Waals surface area contributed by atoms with Crippen molar-refractivity contribution >= 4 is 0 Å². The van der Waals surface area contributed by atoms with Crippen molar-refractivity contribution in [2.45, 2.75) is 59.6 Å². The van der Waals surface area contributed by atoms with Crippen LogP contribution in [0.1, 0.15) is 55.0 Å². The van der Waals surface area contributed by atoms with Crippen LogP contribution in [0.5, 0.6) is 0 Å². The maximum Gasteiger partial charge on any atom is 0.0733 e. The van der Waals surface area contributed by atoms with Gasteiger partial charge in [0.2, 0.25) is 0 Å². The molecule has 0 spiro atoms. The Kier molecular flexibility index (Phi) is 5.36. The maximum atomic E-state index is 10.2. The van der Waals surface area contributed by atoms with Gasteiger partial charge in [0.15, 0.2) is 0 Å². The van der Waals surface area contributed by atoms with Gasteiger partial charge in [-0.3, -0.25) is 0 Å². The van der Waals surface area contributed by atoms with Crippen LogP contribution in [0.3, 0.4) is 0 Å². The molecule has 0 aliphatic carbocycles. The van der Waals surface area contributed by atoms with Gasteiger partial charge in [0.25, 0.3) is 0 Å². The van der Waals surface area contributed by atoms with E-state index in [9.17, 15) is 5.11 Å². The molecule has 2 heteroatoms. The van der Waals surface area contributed by atoms with Gasteiger partial charge in [0, 0.05) is 0 Å². The number of rotatable bonds is 5. The smallest absolute Gasteiger partial charge is 0.0733 e. The van der Waals surface area contributed by atoms with E-state index in [1.54, 1.807) is 0 Å². The molecule has 18 heavy (non-hydrogen) atoms. The molecule has 0 radical (unpaired) electrons. The minimum atomic E-state index is -0.451. The molecule has 1 aromatic rings. The zero-order valence-electron chi connectivity index (χ0n) is 12.3. The molecule has 0 heterocycles. The Hall–Kier alpha value is -0.860. The summed E-state index contributed by atoms with van der Waals surface area (Å²) >= 11 is 0. The highest BCUT2D eigenvalue weighted by Crippen LogP contribution is 2.26. The fourth-order valence-electron chi connectivity index (χ4n) is 2.59. The number of hydrogen-bond acceptors (Lipinski definition) is 2. The van der Waals surface area contributed by atoms with Gasteiger partial charge in [0.05, 0.1) is 12.1 Å². The summed E-state index contributed by atoms with van der Waals surface area (Å²) in [5, 5.41) is 10.2. The Bertz CT molecular complexity index is 375. The number of hydrogen-bond donors (Lipinski definition) is 2. The Balaban J connectivity index is 2.86. The van der Waals surface area contributed by atoms with Crippen molar-refractivity contribution in [2.24, 2.45) is 11.7 Å². The summed E-state index contributed by atoms with van der Waals surface area (Å²) in [7, 11) is 0. The van der Waals surface area contributed by atoms with Crippen LogP contribution in [0.2, 0.25) is 0 Å². The lowest BCUT2D eigenvalue weighted by atomic mass is 9.89. The summed E-state index contributed by atoms with van der Waals surface area (Å²) in [6, 6.07) is 4.00. The minimum absolute atomic E-state index is 0.274. The van der Waals surface area contributed by atoms with Gasteiger partial charge in [-0.25, -0.2) is 0 Å². The van der Waals surface area contributed by atoms with Crippen molar-refractivity contribution in [1.29, 1.82) is 0 Å². The standard InChI is InChI=1S/C16H27NO/c1-10(2)6-7-14(18)16(17)15-12(4)8-11(3)9-13(15)5/h8-10,14,16,18H,6-7,17H2,1-5H3/t14-,16-/m0/s1. The molecule has 1 rings (SSSR count). The van der Waals surface area contributed by atoms with E-state index in [4.69, 9.17) is 5.73 Å². The minimum Gasteiger partial charge on any atom is -0.391 e. The third-order valence-corrected chi connectivity index (χ3v) is 3.53. The molecule has 0 amide bonds. The molecule has 0 aromatic heterocycles. The summed E-state index contributed by atoms with van der Waals surface area (Å²) in [5.74, 6) is 0.604. The third kappa shape index (κ3) is 3.82. The molecule has 3 N–H and O–H groups in total. The monoisotopic (exact) mass is 249 g/mol. The first-order valence-electron chi connectivity index (χ1n) is 6.84. The molecule has 102 valence electrons. The summed E-state index contributed by atoms with van der Waals surface area (Å²) in [4.78, 5) is 0. The van der Waals surface area contributed by atoms with Crippen LogP contribution in [0.4, 0.5) is 0 Å². The van der Waals surface area contributed by atoms with Crippen LogP contribution in [-0.2, 0) is 0 Å². The number of aliphatic hydroxyl groups is 1. The average molecular weight is 249 g/mol. The fraction of sp³-hybridized carbons (Fsp3) is 0.625. The van der Waals surface area contributed by atoms with Gasteiger partial charge in [-0.2, -0.15) is 0 Å². The molecule has 0 saturated heterocycles. The zero-order chi connectivity index (χ0) is 13.9. The summed E-state index contributed by atoms with van der Waals surface area (Å²) in [6.45, 7) is 10.6. The van der Waals surface area contributed by atoms with E-state index in [-0.39, 0.29) is 6.04 Å². The predicted molar refractivity (Wildman–Crippen MR) is 77.7 cm³/mol. The quantitative estimate of drug-likeness (QED) is 0.840. The van der Waals surface area contributed by atoms with Gasteiger partial charge in [-0.15, -0.1) is 0 Å². The largest absolute Gasteiger partial charge is 0.391 e. The molecular formula is C16H27NO. The lowest BCUT2D eigenvalue weighted by Crippen LogP contribution is -2.28. The van der Waals surface area contributed by atoms with E-state index in [2.05, 4.69) is 46.8 Å². The zero-order valence-corrected chi connectivity index (χ0v) is 12.3. The van der Waals surface area contributed by atoms with Gasteiger partial charge in [0.1, 0.15) is 0 Å². The first kappa shape index (κ1) is 15.2. The van der Waals surface area contributed by atoms with Gasteiger partial charge >= 0.3 is 0 Å². The molecule has 0 unspecified atom stereocenters. The van der Waals surface area contributed by atoms with Gasteiger partial charge < -0.3 is 10.8 Å². The molecule has 0 bridgehead atoms. The molecule has 0 aliphatic heterocycles. The van der Waals surface area contributed by atoms with E-state index >= 15 is 0 Å². The van der Waals surface area contributed by atoms with Crippen LogP contribution in [0, 0.1) is 26.7 Å². The number of benzene rings is 1. The van der Waals surface area contributed by atoms with E-state index in [0.717, 1.165) is 18.4 Å². The Morgan fingerprint density at radius 3 is 2.00 bits per heavy atom. The molecule has 0 saturated carbocycles. The van der Waals surface area contributed by atoms with Crippen molar-refractivity contribution in [3.05, 3.63) is 34.4 Å². The maximum absolute atomic E-state index is 10.2. The number of aliphatic hydroxyl groups excluding tert-OH is 1. The highest BCUT2D eigenvalue weighted by Gasteiger charge is 2.20. The third-order valence-electron chi connectivity index (χ3n) is 3.53. The molecule has 2 nitrogen and oxygen atoms in total. The van der Waals surface area contributed by atoms with Crippen molar-refractivity contribution in [3.8, 4) is 0 Å². The molecule has 0 fully saturated rings. The van der Waals surface area contributed by atoms with Crippen molar-refractivity contribution in [1.82, 2.24) is 0 Å². The topological polar surface area (TPSA) is 46.2 Å². The first-order chi connectivity index (χ1) is 8.32. The van der Waals surface area contributed by atoms with Crippen LogP contribution in [0.15, 0.2) is 12.1 Å². The Labute approximate surface area is 111 Å². The SMILES string of the molecule is Cc1cc(C)c([C@@H](N)[C@@H](O)CCC(C)C)c(C)c1. The predicted octanol–water partition coefficient (Wildman–Crippen LogP) is 3.41. The molecule has 0 aliphatic rings. The normalized spacial score (nSPS) is 14.9. The Morgan fingerprint density at radius 2 is 1.56 bits per heavy atom. The second kappa shape index (κ2) is 6.35. The van der Waals surface area contributed by atoms with Crippen molar-refractivity contribution in [2.75, 3.05) is 0 Å². The van der Waals surface area contributed by atoms with Crippen LogP contribution >= 0.6 is 0 Å². The first-order valence-corrected chi connectivity index (χ1v) is 6.84. The van der Waals surface area contributed by atoms with Gasteiger partial charge in [-0.05, 0) is 56.2 Å². The van der Waals surface area contributed by atoms with Crippen LogP contribution in [-0.4, -0.2) is 11.2 Å². The van der Waals surface area contributed by atoms with Gasteiger partial charge in [-0.1, -0.05) is 31.5 Å². The van der Waals surface area contributed by atoms with Crippen molar-refractivity contribution in [3.63, 3.8) is 0 Å². The summed E-state index contributed by atoms with van der Waals surface area (Å²) in [6.07, 6.45) is 1.33. The van der Waals surface area contributed by atoms with E-state index in [1.165, 1.54) is 16.7 Å². The highest BCUT2D eigenvalue weighted by atomic mass is 16.3. The molecular weight excluding hydrogens is 222 g/mol. The number of nitrogens with two attached hydrogens (primary N) is 1. The van der Waals surface area contributed by atoms with Crippen LogP contribution < -0.4 is 5.73 Å². The summed E-state index contributed by atoms with van der Waals surface area (Å²) < 4.78 is 0. The molecule has 2 atom stereocenters. The lowest BCUT2D eigenvalue weighted by molar-refractivity contribution is 0.128. The van der Waals surface area contributed by atoms with E-state index in [0.29, 0.717) is 5.92 Å².